The SMILES string of the molecule is CCC[C@H](NC(=O)C1CCCCC1C(F)(F)F)C(=O)O. The number of carboxylic acid groups (broad SMARTS) is 1. The molecule has 0 radical (unpaired) electrons. The lowest BCUT2D eigenvalue weighted by Crippen LogP contribution is -2.48. The van der Waals surface area contributed by atoms with E-state index in [1.165, 1.54) is 0 Å². The Labute approximate surface area is 115 Å². The second-order valence-corrected chi connectivity index (χ2v) is 5.23. The van der Waals surface area contributed by atoms with Gasteiger partial charge in [-0.15, -0.1) is 0 Å². The van der Waals surface area contributed by atoms with Crippen LogP contribution in [0.3, 0.4) is 0 Å². The van der Waals surface area contributed by atoms with Gasteiger partial charge in [0, 0.05) is 5.92 Å². The number of carbonyl (C=O) groups is 2. The quantitative estimate of drug-likeness (QED) is 0.819. The van der Waals surface area contributed by atoms with E-state index < -0.39 is 35.9 Å². The van der Waals surface area contributed by atoms with E-state index in [0.717, 1.165) is 0 Å². The molecule has 0 saturated heterocycles. The van der Waals surface area contributed by atoms with Gasteiger partial charge in [0.25, 0.3) is 0 Å². The van der Waals surface area contributed by atoms with Gasteiger partial charge in [0.15, 0.2) is 0 Å². The Bertz CT molecular complexity index is 357. The smallest absolute Gasteiger partial charge is 0.392 e. The molecule has 2 N–H and O–H groups in total. The van der Waals surface area contributed by atoms with Gasteiger partial charge in [-0.1, -0.05) is 26.2 Å². The lowest BCUT2D eigenvalue weighted by Gasteiger charge is -2.32. The zero-order valence-electron chi connectivity index (χ0n) is 11.4. The van der Waals surface area contributed by atoms with Crippen molar-refractivity contribution in [3.63, 3.8) is 0 Å². The third-order valence-corrected chi connectivity index (χ3v) is 3.72. The molecule has 0 heterocycles. The number of carbonyl (C=O) groups excluding carboxylic acids is 1. The highest BCUT2D eigenvalue weighted by Crippen LogP contribution is 2.41. The summed E-state index contributed by atoms with van der Waals surface area (Å²) in [5.74, 6) is -4.82. The zero-order chi connectivity index (χ0) is 15.3. The van der Waals surface area contributed by atoms with Crippen LogP contribution < -0.4 is 5.32 Å². The fraction of sp³-hybridized carbons (Fsp3) is 0.846. The van der Waals surface area contributed by atoms with Gasteiger partial charge in [-0.3, -0.25) is 4.79 Å². The van der Waals surface area contributed by atoms with E-state index in [4.69, 9.17) is 5.11 Å². The maximum atomic E-state index is 12.9. The van der Waals surface area contributed by atoms with E-state index in [9.17, 15) is 22.8 Å². The fourth-order valence-corrected chi connectivity index (χ4v) is 2.66. The summed E-state index contributed by atoms with van der Waals surface area (Å²) in [4.78, 5) is 22.9. The Hall–Kier alpha value is -1.27. The van der Waals surface area contributed by atoms with Crippen LogP contribution in [0, 0.1) is 11.8 Å². The molecule has 0 bridgehead atoms. The van der Waals surface area contributed by atoms with Crippen LogP contribution in [-0.4, -0.2) is 29.2 Å². The normalized spacial score (nSPS) is 25.0. The maximum absolute atomic E-state index is 12.9. The standard InChI is InChI=1S/C13H20F3NO3/c1-2-5-10(12(19)20)17-11(18)8-6-3-4-7-9(8)13(14,15)16/h8-10H,2-7H2,1H3,(H,17,18)(H,19,20)/t8?,9?,10-/m0/s1. The van der Waals surface area contributed by atoms with Gasteiger partial charge < -0.3 is 10.4 Å². The first-order valence-electron chi connectivity index (χ1n) is 6.87. The molecule has 20 heavy (non-hydrogen) atoms. The first kappa shape index (κ1) is 16.8. The second-order valence-electron chi connectivity index (χ2n) is 5.23. The molecule has 1 aliphatic rings. The van der Waals surface area contributed by atoms with Crippen molar-refractivity contribution in [1.82, 2.24) is 5.32 Å². The Morgan fingerprint density at radius 2 is 1.90 bits per heavy atom. The van der Waals surface area contributed by atoms with Crippen molar-refractivity contribution in [2.45, 2.75) is 57.7 Å². The third-order valence-electron chi connectivity index (χ3n) is 3.72. The molecule has 1 saturated carbocycles. The first-order chi connectivity index (χ1) is 9.27. The van der Waals surface area contributed by atoms with Crippen LogP contribution in [0.1, 0.15) is 45.4 Å². The predicted molar refractivity (Wildman–Crippen MR) is 66.0 cm³/mol. The summed E-state index contributed by atoms with van der Waals surface area (Å²) in [7, 11) is 0. The van der Waals surface area contributed by atoms with Crippen molar-refractivity contribution in [3.05, 3.63) is 0 Å². The molecular formula is C13H20F3NO3. The molecule has 1 fully saturated rings. The van der Waals surface area contributed by atoms with E-state index in [1.54, 1.807) is 6.92 Å². The molecule has 0 aromatic heterocycles. The maximum Gasteiger partial charge on any atom is 0.392 e. The zero-order valence-corrected chi connectivity index (χ0v) is 11.4. The van der Waals surface area contributed by atoms with Crippen molar-refractivity contribution >= 4 is 11.9 Å². The average Bonchev–Trinajstić information content (AvgIpc) is 2.37. The van der Waals surface area contributed by atoms with Crippen molar-refractivity contribution in [2.75, 3.05) is 0 Å². The van der Waals surface area contributed by atoms with E-state index in [-0.39, 0.29) is 19.3 Å². The lowest BCUT2D eigenvalue weighted by atomic mass is 9.78. The number of rotatable bonds is 5. The molecule has 7 heteroatoms. The molecule has 0 aliphatic heterocycles. The summed E-state index contributed by atoms with van der Waals surface area (Å²) in [6, 6.07) is -1.11. The van der Waals surface area contributed by atoms with Crippen molar-refractivity contribution in [2.24, 2.45) is 11.8 Å². The molecular weight excluding hydrogens is 275 g/mol. The topological polar surface area (TPSA) is 66.4 Å². The highest BCUT2D eigenvalue weighted by molar-refractivity contribution is 5.85. The minimum absolute atomic E-state index is 0.0624. The Morgan fingerprint density at radius 1 is 1.30 bits per heavy atom. The Balaban J connectivity index is 2.74. The summed E-state index contributed by atoms with van der Waals surface area (Å²) in [6.45, 7) is 1.75. The van der Waals surface area contributed by atoms with E-state index in [2.05, 4.69) is 5.32 Å². The van der Waals surface area contributed by atoms with Crippen molar-refractivity contribution in [1.29, 1.82) is 0 Å². The molecule has 2 unspecified atom stereocenters. The molecule has 0 aromatic carbocycles. The molecule has 0 spiro atoms. The largest absolute Gasteiger partial charge is 0.480 e. The summed E-state index contributed by atoms with van der Waals surface area (Å²) in [6.07, 6.45) is -2.55. The monoisotopic (exact) mass is 295 g/mol. The number of nitrogens with one attached hydrogen (secondary N) is 1. The predicted octanol–water partition coefficient (Wildman–Crippen LogP) is 2.72. The van der Waals surface area contributed by atoms with Crippen molar-refractivity contribution in [3.8, 4) is 0 Å². The molecule has 1 aliphatic carbocycles. The fourth-order valence-electron chi connectivity index (χ4n) is 2.66. The summed E-state index contributed by atoms with van der Waals surface area (Å²) in [5.41, 5.74) is 0. The average molecular weight is 295 g/mol. The first-order valence-corrected chi connectivity index (χ1v) is 6.87. The van der Waals surface area contributed by atoms with Crippen LogP contribution >= 0.6 is 0 Å². The van der Waals surface area contributed by atoms with Crippen LogP contribution in [0.4, 0.5) is 13.2 Å². The van der Waals surface area contributed by atoms with E-state index >= 15 is 0 Å². The van der Waals surface area contributed by atoms with Crippen molar-refractivity contribution < 1.29 is 27.9 Å². The van der Waals surface area contributed by atoms with E-state index in [1.807, 2.05) is 0 Å². The van der Waals surface area contributed by atoms with Crippen LogP contribution in [-0.2, 0) is 9.59 Å². The number of carboxylic acids is 1. The van der Waals surface area contributed by atoms with Gasteiger partial charge in [0.05, 0.1) is 5.92 Å². The molecule has 4 nitrogen and oxygen atoms in total. The molecule has 116 valence electrons. The number of amides is 1. The van der Waals surface area contributed by atoms with Crippen LogP contribution in [0.5, 0.6) is 0 Å². The molecule has 1 amide bonds. The van der Waals surface area contributed by atoms with Crippen LogP contribution in [0.15, 0.2) is 0 Å². The number of halogens is 3. The Kier molecular flexibility index (Phi) is 5.83. The van der Waals surface area contributed by atoms with Gasteiger partial charge in [0.2, 0.25) is 5.91 Å². The summed E-state index contributed by atoms with van der Waals surface area (Å²) >= 11 is 0. The summed E-state index contributed by atoms with van der Waals surface area (Å²) in [5, 5.41) is 11.2. The third kappa shape index (κ3) is 4.38. The summed E-state index contributed by atoms with van der Waals surface area (Å²) < 4.78 is 38.7. The second kappa shape index (κ2) is 6.95. The molecule has 1 rings (SSSR count). The minimum Gasteiger partial charge on any atom is -0.480 e. The van der Waals surface area contributed by atoms with Gasteiger partial charge in [0.1, 0.15) is 6.04 Å². The number of hydrogen-bond acceptors (Lipinski definition) is 2. The highest BCUT2D eigenvalue weighted by Gasteiger charge is 2.48. The number of alkyl halides is 3. The minimum atomic E-state index is -4.41. The van der Waals surface area contributed by atoms with Gasteiger partial charge in [-0.05, 0) is 19.3 Å². The molecule has 0 aromatic rings. The van der Waals surface area contributed by atoms with Gasteiger partial charge in [-0.25, -0.2) is 4.79 Å². The van der Waals surface area contributed by atoms with Crippen LogP contribution in [0.25, 0.3) is 0 Å². The van der Waals surface area contributed by atoms with Crippen LogP contribution in [0.2, 0.25) is 0 Å². The lowest BCUT2D eigenvalue weighted by molar-refractivity contribution is -0.198. The van der Waals surface area contributed by atoms with E-state index in [0.29, 0.717) is 19.3 Å². The highest BCUT2D eigenvalue weighted by atomic mass is 19.4. The Morgan fingerprint density at radius 3 is 2.40 bits per heavy atom. The number of aliphatic carboxylic acids is 1. The number of hydrogen-bond donors (Lipinski definition) is 2. The van der Waals surface area contributed by atoms with Gasteiger partial charge in [-0.2, -0.15) is 13.2 Å². The van der Waals surface area contributed by atoms with Gasteiger partial charge >= 0.3 is 12.1 Å². The molecule has 3 atom stereocenters.